The molecule has 1 saturated heterocycles. The molecule has 1 heterocycles. The highest BCUT2D eigenvalue weighted by Gasteiger charge is 2.36. The highest BCUT2D eigenvalue weighted by Crippen LogP contribution is 2.27. The molecule has 1 aliphatic heterocycles. The molecule has 0 aromatic heterocycles. The summed E-state index contributed by atoms with van der Waals surface area (Å²) in [5.74, 6) is -2.50. The van der Waals surface area contributed by atoms with Crippen LogP contribution in [-0.2, 0) is 23.9 Å². The minimum absolute atomic E-state index is 0.0242. The van der Waals surface area contributed by atoms with Crippen LogP contribution in [0.3, 0.4) is 0 Å². The smallest absolute Gasteiger partial charge is 0.338 e. The van der Waals surface area contributed by atoms with Gasteiger partial charge in [0, 0.05) is 28.8 Å². The fourth-order valence-corrected chi connectivity index (χ4v) is 3.74. The zero-order valence-electron chi connectivity index (χ0n) is 18.5. The van der Waals surface area contributed by atoms with Crippen molar-refractivity contribution >= 4 is 62.7 Å². The predicted octanol–water partition coefficient (Wildman–Crippen LogP) is 4.59. The quantitative estimate of drug-likeness (QED) is 0.361. The number of halogens is 2. The second kappa shape index (κ2) is 12.0. The second-order valence-electron chi connectivity index (χ2n) is 7.73. The summed E-state index contributed by atoms with van der Waals surface area (Å²) in [5.41, 5.74) is 1.42. The number of nitrogens with zero attached hydrogens (tertiary/aromatic N) is 1. The van der Waals surface area contributed by atoms with Gasteiger partial charge in [0.25, 0.3) is 5.91 Å². The van der Waals surface area contributed by atoms with E-state index in [-0.39, 0.29) is 18.9 Å². The lowest BCUT2D eigenvalue weighted by Crippen LogP contribution is -2.28. The number of benzene rings is 2. The van der Waals surface area contributed by atoms with E-state index >= 15 is 0 Å². The Hall–Kier alpha value is -2.91. The van der Waals surface area contributed by atoms with Crippen molar-refractivity contribution in [3.63, 3.8) is 0 Å². The SMILES string of the molecule is CCCCOC(=O)c1ccc(N2C[C@H](C(=O)OCC(=O)Nc3ccc(Br)c(Cl)c3)CC2=O)cc1. The van der Waals surface area contributed by atoms with Crippen LogP contribution in [0.15, 0.2) is 46.9 Å². The van der Waals surface area contributed by atoms with E-state index in [4.69, 9.17) is 21.1 Å². The third-order valence-corrected chi connectivity index (χ3v) is 6.39. The average molecular weight is 552 g/mol. The summed E-state index contributed by atoms with van der Waals surface area (Å²) in [6, 6.07) is 11.3. The largest absolute Gasteiger partial charge is 0.462 e. The molecule has 1 N–H and O–H groups in total. The maximum Gasteiger partial charge on any atom is 0.338 e. The lowest BCUT2D eigenvalue weighted by molar-refractivity contribution is -0.151. The summed E-state index contributed by atoms with van der Waals surface area (Å²) in [5, 5.41) is 3.02. The van der Waals surface area contributed by atoms with Gasteiger partial charge >= 0.3 is 11.9 Å². The molecule has 2 aromatic rings. The van der Waals surface area contributed by atoms with Gasteiger partial charge in [0.05, 0.1) is 23.1 Å². The Morgan fingerprint density at radius 2 is 1.88 bits per heavy atom. The van der Waals surface area contributed by atoms with Crippen molar-refractivity contribution in [2.45, 2.75) is 26.2 Å². The molecule has 2 amide bonds. The van der Waals surface area contributed by atoms with Gasteiger partial charge in [0.15, 0.2) is 6.61 Å². The Labute approximate surface area is 210 Å². The third-order valence-electron chi connectivity index (χ3n) is 5.15. The van der Waals surface area contributed by atoms with Crippen LogP contribution < -0.4 is 10.2 Å². The van der Waals surface area contributed by atoms with Crippen LogP contribution in [0.2, 0.25) is 5.02 Å². The first kappa shape index (κ1) is 25.7. The number of esters is 2. The molecule has 180 valence electrons. The fraction of sp³-hybridized carbons (Fsp3) is 0.333. The van der Waals surface area contributed by atoms with Crippen LogP contribution in [0.4, 0.5) is 11.4 Å². The van der Waals surface area contributed by atoms with E-state index in [2.05, 4.69) is 21.2 Å². The molecule has 0 radical (unpaired) electrons. The maximum atomic E-state index is 12.5. The van der Waals surface area contributed by atoms with E-state index in [1.54, 1.807) is 42.5 Å². The van der Waals surface area contributed by atoms with Crippen molar-refractivity contribution in [3.05, 3.63) is 57.5 Å². The van der Waals surface area contributed by atoms with Gasteiger partial charge in [-0.2, -0.15) is 0 Å². The number of amides is 2. The molecule has 0 aliphatic carbocycles. The Balaban J connectivity index is 1.50. The molecule has 2 aromatic carbocycles. The number of hydrogen-bond acceptors (Lipinski definition) is 6. The van der Waals surface area contributed by atoms with Gasteiger partial charge in [-0.15, -0.1) is 0 Å². The summed E-state index contributed by atoms with van der Waals surface area (Å²) >= 11 is 9.26. The minimum atomic E-state index is -0.693. The van der Waals surface area contributed by atoms with Crippen LogP contribution in [0.1, 0.15) is 36.5 Å². The van der Waals surface area contributed by atoms with Gasteiger partial charge in [-0.05, 0) is 64.8 Å². The van der Waals surface area contributed by atoms with E-state index in [9.17, 15) is 19.2 Å². The highest BCUT2D eigenvalue weighted by molar-refractivity contribution is 9.10. The normalized spacial score (nSPS) is 15.2. The Morgan fingerprint density at radius 1 is 1.15 bits per heavy atom. The first-order valence-electron chi connectivity index (χ1n) is 10.8. The van der Waals surface area contributed by atoms with Crippen molar-refractivity contribution in [2.75, 3.05) is 30.0 Å². The summed E-state index contributed by atoms with van der Waals surface area (Å²) < 4.78 is 11.0. The van der Waals surface area contributed by atoms with Crippen LogP contribution in [0.25, 0.3) is 0 Å². The van der Waals surface area contributed by atoms with Crippen molar-refractivity contribution in [3.8, 4) is 0 Å². The Bertz CT molecular complexity index is 1080. The number of anilines is 2. The predicted molar refractivity (Wildman–Crippen MR) is 131 cm³/mol. The molecule has 10 heteroatoms. The standard InChI is InChI=1S/C24H24BrClN2O6/c1-2-3-10-33-23(31)15-4-7-18(8-5-15)28-13-16(11-22(28)30)24(32)34-14-21(29)27-17-6-9-19(25)20(26)12-17/h4-9,12,16H,2-3,10-11,13-14H2,1H3,(H,27,29)/t16-/m1/s1. The number of rotatable bonds is 9. The zero-order valence-corrected chi connectivity index (χ0v) is 20.9. The molecule has 34 heavy (non-hydrogen) atoms. The Morgan fingerprint density at radius 3 is 2.56 bits per heavy atom. The highest BCUT2D eigenvalue weighted by atomic mass is 79.9. The molecule has 0 bridgehead atoms. The average Bonchev–Trinajstić information content (AvgIpc) is 3.21. The topological polar surface area (TPSA) is 102 Å². The molecular weight excluding hydrogens is 528 g/mol. The molecule has 0 spiro atoms. The van der Waals surface area contributed by atoms with Crippen molar-refractivity contribution in [1.29, 1.82) is 0 Å². The lowest BCUT2D eigenvalue weighted by atomic mass is 10.1. The molecule has 0 saturated carbocycles. The summed E-state index contributed by atoms with van der Waals surface area (Å²) in [4.78, 5) is 50.5. The van der Waals surface area contributed by atoms with Gasteiger partial charge in [-0.3, -0.25) is 14.4 Å². The summed E-state index contributed by atoms with van der Waals surface area (Å²) in [6.07, 6.45) is 1.70. The zero-order chi connectivity index (χ0) is 24.7. The third kappa shape index (κ3) is 6.80. The van der Waals surface area contributed by atoms with E-state index in [1.165, 1.54) is 4.90 Å². The van der Waals surface area contributed by atoms with Crippen LogP contribution in [-0.4, -0.2) is 43.5 Å². The van der Waals surface area contributed by atoms with E-state index < -0.39 is 30.4 Å². The second-order valence-corrected chi connectivity index (χ2v) is 8.99. The lowest BCUT2D eigenvalue weighted by Gasteiger charge is -2.17. The molecule has 0 unspecified atom stereocenters. The van der Waals surface area contributed by atoms with E-state index in [0.717, 1.165) is 12.8 Å². The first-order valence-corrected chi connectivity index (χ1v) is 11.9. The van der Waals surface area contributed by atoms with Crippen molar-refractivity contribution in [2.24, 2.45) is 5.92 Å². The number of unbranched alkanes of at least 4 members (excludes halogenated alkanes) is 1. The van der Waals surface area contributed by atoms with Gasteiger partial charge < -0.3 is 19.7 Å². The molecule has 8 nitrogen and oxygen atoms in total. The van der Waals surface area contributed by atoms with Gasteiger partial charge in [-0.25, -0.2) is 4.79 Å². The Kier molecular flexibility index (Phi) is 9.06. The summed E-state index contributed by atoms with van der Waals surface area (Å²) in [6.45, 7) is 2.02. The first-order chi connectivity index (χ1) is 16.3. The molecule has 1 atom stereocenters. The summed E-state index contributed by atoms with van der Waals surface area (Å²) in [7, 11) is 0. The number of carbonyl (C=O) groups is 4. The van der Waals surface area contributed by atoms with E-state index in [1.807, 2.05) is 6.92 Å². The van der Waals surface area contributed by atoms with Crippen LogP contribution >= 0.6 is 27.5 Å². The van der Waals surface area contributed by atoms with Crippen molar-refractivity contribution < 1.29 is 28.7 Å². The minimum Gasteiger partial charge on any atom is -0.462 e. The maximum absolute atomic E-state index is 12.5. The fourth-order valence-electron chi connectivity index (χ4n) is 3.31. The molecule has 3 rings (SSSR count). The van der Waals surface area contributed by atoms with Gasteiger partial charge in [0.1, 0.15) is 0 Å². The van der Waals surface area contributed by atoms with Crippen LogP contribution in [0, 0.1) is 5.92 Å². The van der Waals surface area contributed by atoms with Gasteiger partial charge in [-0.1, -0.05) is 24.9 Å². The number of nitrogens with one attached hydrogen (secondary N) is 1. The number of carbonyl (C=O) groups excluding carboxylic acids is 4. The monoisotopic (exact) mass is 550 g/mol. The number of ether oxygens (including phenoxy) is 2. The van der Waals surface area contributed by atoms with Crippen LogP contribution in [0.5, 0.6) is 0 Å². The van der Waals surface area contributed by atoms with E-state index in [0.29, 0.717) is 33.0 Å². The molecule has 1 fully saturated rings. The number of hydrogen-bond donors (Lipinski definition) is 1. The van der Waals surface area contributed by atoms with Crippen molar-refractivity contribution in [1.82, 2.24) is 0 Å². The molecular formula is C24H24BrClN2O6. The molecule has 1 aliphatic rings. The van der Waals surface area contributed by atoms with Gasteiger partial charge in [0.2, 0.25) is 5.91 Å².